The molecule has 0 atom stereocenters. The normalized spacial score (nSPS) is 20.4. The van der Waals surface area contributed by atoms with Crippen molar-refractivity contribution in [2.24, 2.45) is 5.92 Å². The van der Waals surface area contributed by atoms with Crippen LogP contribution in [-0.2, 0) is 16.8 Å². The van der Waals surface area contributed by atoms with E-state index in [1.807, 2.05) is 6.07 Å². The van der Waals surface area contributed by atoms with Crippen LogP contribution in [0, 0.1) is 5.92 Å². The number of hydrogen-bond donors (Lipinski definition) is 0. The Labute approximate surface area is 145 Å². The molecule has 1 aromatic carbocycles. The lowest BCUT2D eigenvalue weighted by Gasteiger charge is -2.42. The fourth-order valence-corrected chi connectivity index (χ4v) is 4.27. The van der Waals surface area contributed by atoms with Gasteiger partial charge in [0.1, 0.15) is 0 Å². The fraction of sp³-hybridized carbons (Fsp3) is 0.650. The summed E-state index contributed by atoms with van der Waals surface area (Å²) in [5, 5.41) is 0. The highest BCUT2D eigenvalue weighted by atomic mass is 16.5. The van der Waals surface area contributed by atoms with Crippen molar-refractivity contribution in [2.75, 3.05) is 20.8 Å². The van der Waals surface area contributed by atoms with Crippen LogP contribution < -0.4 is 9.47 Å². The molecule has 4 nitrogen and oxygen atoms in total. The van der Waals surface area contributed by atoms with Crippen LogP contribution in [0.3, 0.4) is 0 Å². The number of nitrogens with zero attached hydrogens (tertiary/aromatic N) is 1. The lowest BCUT2D eigenvalue weighted by atomic mass is 9.77. The molecule has 132 valence electrons. The first-order valence-electron chi connectivity index (χ1n) is 9.00. The molecule has 0 bridgehead atoms. The number of methoxy groups -OCH3 is 2. The standard InChI is InChI=1S/C20H29NO3/c1-20(2)13-21(19(22)14-8-6-5-7-9-14)12-15-10-17(23-3)18(24-4)11-16(15)20/h10-11,14H,5-9,12-13H2,1-4H3. The van der Waals surface area contributed by atoms with E-state index in [-0.39, 0.29) is 11.3 Å². The molecule has 1 aliphatic heterocycles. The topological polar surface area (TPSA) is 38.8 Å². The monoisotopic (exact) mass is 331 g/mol. The van der Waals surface area contributed by atoms with E-state index in [0.717, 1.165) is 30.9 Å². The van der Waals surface area contributed by atoms with Crippen LogP contribution >= 0.6 is 0 Å². The van der Waals surface area contributed by atoms with Crippen molar-refractivity contribution in [3.63, 3.8) is 0 Å². The van der Waals surface area contributed by atoms with E-state index in [4.69, 9.17) is 9.47 Å². The number of ether oxygens (including phenoxy) is 2. The van der Waals surface area contributed by atoms with Gasteiger partial charge >= 0.3 is 0 Å². The molecule has 1 aliphatic carbocycles. The highest BCUT2D eigenvalue weighted by Crippen LogP contribution is 2.41. The molecular weight excluding hydrogens is 302 g/mol. The molecule has 1 fully saturated rings. The van der Waals surface area contributed by atoms with Gasteiger partial charge in [-0.05, 0) is 36.1 Å². The summed E-state index contributed by atoms with van der Waals surface area (Å²) in [6.07, 6.45) is 5.75. The Bertz CT molecular complexity index is 618. The SMILES string of the molecule is COc1cc2c(cc1OC)C(C)(C)CN(C(=O)C1CCCCC1)C2. The first kappa shape index (κ1) is 17.1. The predicted molar refractivity (Wildman–Crippen MR) is 94.6 cm³/mol. The second-order valence-corrected chi connectivity index (χ2v) is 7.78. The van der Waals surface area contributed by atoms with Crippen molar-refractivity contribution in [1.29, 1.82) is 0 Å². The maximum atomic E-state index is 13.0. The van der Waals surface area contributed by atoms with Crippen LogP contribution in [0.1, 0.15) is 57.1 Å². The van der Waals surface area contributed by atoms with Crippen molar-refractivity contribution < 1.29 is 14.3 Å². The van der Waals surface area contributed by atoms with E-state index in [9.17, 15) is 4.79 Å². The lowest BCUT2D eigenvalue weighted by molar-refractivity contribution is -0.138. The maximum Gasteiger partial charge on any atom is 0.226 e. The molecule has 1 amide bonds. The van der Waals surface area contributed by atoms with Crippen molar-refractivity contribution >= 4 is 5.91 Å². The number of hydrogen-bond acceptors (Lipinski definition) is 3. The third-order valence-electron chi connectivity index (χ3n) is 5.55. The summed E-state index contributed by atoms with van der Waals surface area (Å²) >= 11 is 0. The van der Waals surface area contributed by atoms with Gasteiger partial charge in [-0.1, -0.05) is 33.1 Å². The van der Waals surface area contributed by atoms with Gasteiger partial charge in [0.25, 0.3) is 0 Å². The summed E-state index contributed by atoms with van der Waals surface area (Å²) in [5.74, 6) is 2.05. The zero-order valence-corrected chi connectivity index (χ0v) is 15.4. The van der Waals surface area contributed by atoms with Crippen LogP contribution in [0.25, 0.3) is 0 Å². The molecule has 0 N–H and O–H groups in total. The number of carbonyl (C=O) groups is 1. The van der Waals surface area contributed by atoms with Crippen molar-refractivity contribution in [3.05, 3.63) is 23.3 Å². The molecule has 24 heavy (non-hydrogen) atoms. The highest BCUT2D eigenvalue weighted by molar-refractivity contribution is 5.79. The summed E-state index contributed by atoms with van der Waals surface area (Å²) in [4.78, 5) is 15.1. The van der Waals surface area contributed by atoms with Gasteiger partial charge in [-0.15, -0.1) is 0 Å². The van der Waals surface area contributed by atoms with Crippen LogP contribution in [0.4, 0.5) is 0 Å². The molecule has 4 heteroatoms. The van der Waals surface area contributed by atoms with Gasteiger partial charge in [0.05, 0.1) is 14.2 Å². The summed E-state index contributed by atoms with van der Waals surface area (Å²) in [6.45, 7) is 5.86. The Morgan fingerprint density at radius 1 is 1.08 bits per heavy atom. The van der Waals surface area contributed by atoms with Gasteiger partial charge in [-0.3, -0.25) is 4.79 Å². The lowest BCUT2D eigenvalue weighted by Crippen LogP contribution is -2.47. The Morgan fingerprint density at radius 3 is 2.33 bits per heavy atom. The molecule has 1 heterocycles. The molecule has 0 unspecified atom stereocenters. The number of rotatable bonds is 3. The molecule has 0 aromatic heterocycles. The molecule has 1 saturated carbocycles. The first-order valence-corrected chi connectivity index (χ1v) is 9.00. The minimum Gasteiger partial charge on any atom is -0.493 e. The second kappa shape index (κ2) is 6.66. The van der Waals surface area contributed by atoms with E-state index in [1.54, 1.807) is 14.2 Å². The molecule has 0 radical (unpaired) electrons. The van der Waals surface area contributed by atoms with Crippen LogP contribution in [0.5, 0.6) is 11.5 Å². The maximum absolute atomic E-state index is 13.0. The number of carbonyl (C=O) groups excluding carboxylic acids is 1. The Kier molecular flexibility index (Phi) is 4.75. The van der Waals surface area contributed by atoms with Gasteiger partial charge in [-0.25, -0.2) is 0 Å². The molecule has 0 spiro atoms. The van der Waals surface area contributed by atoms with Gasteiger partial charge in [0, 0.05) is 24.4 Å². The predicted octanol–water partition coefficient (Wildman–Crippen LogP) is 3.90. The molecule has 0 saturated heterocycles. The summed E-state index contributed by atoms with van der Waals surface area (Å²) < 4.78 is 10.9. The fourth-order valence-electron chi connectivity index (χ4n) is 4.27. The molecule has 2 aliphatic rings. The van der Waals surface area contributed by atoms with E-state index >= 15 is 0 Å². The van der Waals surface area contributed by atoms with Crippen molar-refractivity contribution in [3.8, 4) is 11.5 Å². The van der Waals surface area contributed by atoms with Gasteiger partial charge in [-0.2, -0.15) is 0 Å². The number of fused-ring (bicyclic) bond motifs is 1. The van der Waals surface area contributed by atoms with Gasteiger partial charge < -0.3 is 14.4 Å². The molecule has 3 rings (SSSR count). The Balaban J connectivity index is 1.90. The summed E-state index contributed by atoms with van der Waals surface area (Å²) in [5.41, 5.74) is 2.35. The molecule has 1 aromatic rings. The minimum atomic E-state index is -0.0859. The van der Waals surface area contributed by atoms with E-state index in [0.29, 0.717) is 12.5 Å². The van der Waals surface area contributed by atoms with E-state index < -0.39 is 0 Å². The summed E-state index contributed by atoms with van der Waals surface area (Å²) in [7, 11) is 3.32. The average Bonchev–Trinajstić information content (AvgIpc) is 2.60. The Morgan fingerprint density at radius 2 is 1.71 bits per heavy atom. The second-order valence-electron chi connectivity index (χ2n) is 7.78. The van der Waals surface area contributed by atoms with E-state index in [1.165, 1.54) is 30.4 Å². The van der Waals surface area contributed by atoms with Crippen LogP contribution in [0.2, 0.25) is 0 Å². The van der Waals surface area contributed by atoms with E-state index in [2.05, 4.69) is 24.8 Å². The van der Waals surface area contributed by atoms with Gasteiger partial charge in [0.2, 0.25) is 5.91 Å². The minimum absolute atomic E-state index is 0.0859. The smallest absolute Gasteiger partial charge is 0.226 e. The Hall–Kier alpha value is -1.71. The zero-order valence-electron chi connectivity index (χ0n) is 15.4. The van der Waals surface area contributed by atoms with Crippen molar-refractivity contribution in [2.45, 2.75) is 57.9 Å². The number of amides is 1. The third-order valence-corrected chi connectivity index (χ3v) is 5.55. The zero-order chi connectivity index (χ0) is 17.3. The summed E-state index contributed by atoms with van der Waals surface area (Å²) in [6, 6.07) is 4.12. The van der Waals surface area contributed by atoms with Crippen molar-refractivity contribution in [1.82, 2.24) is 4.90 Å². The first-order chi connectivity index (χ1) is 11.5. The largest absolute Gasteiger partial charge is 0.493 e. The number of benzene rings is 1. The quantitative estimate of drug-likeness (QED) is 0.843. The van der Waals surface area contributed by atoms with Gasteiger partial charge in [0.15, 0.2) is 11.5 Å². The average molecular weight is 331 g/mol. The highest BCUT2D eigenvalue weighted by Gasteiger charge is 2.37. The molecular formula is C20H29NO3. The third kappa shape index (κ3) is 3.11. The van der Waals surface area contributed by atoms with Crippen LogP contribution in [-0.4, -0.2) is 31.6 Å². The van der Waals surface area contributed by atoms with Crippen LogP contribution in [0.15, 0.2) is 12.1 Å².